The van der Waals surface area contributed by atoms with Crippen LogP contribution in [0.2, 0.25) is 0 Å². The molecule has 0 unspecified atom stereocenters. The second-order valence-corrected chi connectivity index (χ2v) is 7.86. The first-order valence-electron chi connectivity index (χ1n) is 10.6. The van der Waals surface area contributed by atoms with Crippen LogP contribution in [0.4, 0.5) is 16.2 Å². The van der Waals surface area contributed by atoms with E-state index in [2.05, 4.69) is 10.6 Å². The maximum atomic E-state index is 12.7. The van der Waals surface area contributed by atoms with Crippen molar-refractivity contribution in [2.75, 3.05) is 30.3 Å². The third kappa shape index (κ3) is 5.75. The van der Waals surface area contributed by atoms with Crippen molar-refractivity contribution in [2.45, 2.75) is 33.6 Å². The molecule has 0 aliphatic carbocycles. The van der Waals surface area contributed by atoms with Gasteiger partial charge in [-0.3, -0.25) is 4.79 Å². The Morgan fingerprint density at radius 2 is 1.57 bits per heavy atom. The molecule has 0 radical (unpaired) electrons. The van der Waals surface area contributed by atoms with Gasteiger partial charge in [-0.25, -0.2) is 4.79 Å². The average Bonchev–Trinajstić information content (AvgIpc) is 2.76. The van der Waals surface area contributed by atoms with E-state index in [0.29, 0.717) is 19.7 Å². The predicted octanol–water partition coefficient (Wildman–Crippen LogP) is 4.91. The minimum absolute atomic E-state index is 0.0155. The average molecular weight is 410 g/mol. The summed E-state index contributed by atoms with van der Waals surface area (Å²) in [6.45, 7) is 7.85. The van der Waals surface area contributed by atoms with Crippen LogP contribution in [0.5, 0.6) is 5.75 Å². The Kier molecular flexibility index (Phi) is 7.33. The Morgan fingerprint density at radius 3 is 2.17 bits per heavy atom. The van der Waals surface area contributed by atoms with E-state index in [1.54, 1.807) is 0 Å². The Balaban J connectivity index is 1.46. The van der Waals surface area contributed by atoms with Crippen molar-refractivity contribution in [1.29, 1.82) is 0 Å². The number of rotatable bonds is 6. The number of ether oxygens (including phenoxy) is 1. The molecular formula is C24H31N3O3. The number of hydrogen-bond acceptors (Lipinski definition) is 3. The minimum atomic E-state index is -0.112. The number of likely N-dealkylation sites (tertiary alicyclic amines) is 1. The highest BCUT2D eigenvalue weighted by Gasteiger charge is 2.30. The van der Waals surface area contributed by atoms with Crippen molar-refractivity contribution in [3.8, 4) is 5.75 Å². The zero-order chi connectivity index (χ0) is 21.5. The summed E-state index contributed by atoms with van der Waals surface area (Å²) in [6.07, 6.45) is 1.64. The molecule has 2 aromatic carbocycles. The van der Waals surface area contributed by atoms with Gasteiger partial charge in [0.05, 0.1) is 6.61 Å². The highest BCUT2D eigenvalue weighted by molar-refractivity contribution is 5.92. The van der Waals surface area contributed by atoms with Crippen LogP contribution < -0.4 is 15.4 Å². The number of carbonyl (C=O) groups is 2. The highest BCUT2D eigenvalue weighted by atomic mass is 16.5. The third-order valence-corrected chi connectivity index (χ3v) is 5.68. The summed E-state index contributed by atoms with van der Waals surface area (Å²) in [5.74, 6) is 0.955. The number of hydrogen-bond donors (Lipinski definition) is 2. The second kappa shape index (κ2) is 10.1. The molecule has 2 aromatic rings. The zero-order valence-corrected chi connectivity index (χ0v) is 18.0. The lowest BCUT2D eigenvalue weighted by atomic mass is 9.85. The van der Waals surface area contributed by atoms with Crippen LogP contribution in [0.1, 0.15) is 32.3 Å². The number of nitrogens with zero attached hydrogens (tertiary/aromatic N) is 1. The molecule has 30 heavy (non-hydrogen) atoms. The van der Waals surface area contributed by atoms with Gasteiger partial charge in [0.2, 0.25) is 5.91 Å². The first kappa shape index (κ1) is 21.7. The molecule has 1 saturated heterocycles. The van der Waals surface area contributed by atoms with Crippen LogP contribution in [-0.4, -0.2) is 36.5 Å². The molecule has 160 valence electrons. The summed E-state index contributed by atoms with van der Waals surface area (Å²) in [4.78, 5) is 27.0. The molecule has 1 atom stereocenters. The van der Waals surface area contributed by atoms with E-state index >= 15 is 0 Å². The van der Waals surface area contributed by atoms with Crippen LogP contribution >= 0.6 is 0 Å². The van der Waals surface area contributed by atoms with Crippen LogP contribution in [-0.2, 0) is 4.79 Å². The van der Waals surface area contributed by atoms with Gasteiger partial charge >= 0.3 is 6.03 Å². The van der Waals surface area contributed by atoms with Gasteiger partial charge in [0, 0.05) is 30.4 Å². The minimum Gasteiger partial charge on any atom is -0.494 e. The Hall–Kier alpha value is -3.02. The molecule has 0 bridgehead atoms. The van der Waals surface area contributed by atoms with Crippen LogP contribution in [0.25, 0.3) is 0 Å². The van der Waals surface area contributed by atoms with Gasteiger partial charge < -0.3 is 20.3 Å². The Bertz CT molecular complexity index is 841. The van der Waals surface area contributed by atoms with E-state index < -0.39 is 0 Å². The van der Waals surface area contributed by atoms with E-state index in [0.717, 1.165) is 35.5 Å². The topological polar surface area (TPSA) is 70.7 Å². The third-order valence-electron chi connectivity index (χ3n) is 5.68. The fourth-order valence-electron chi connectivity index (χ4n) is 3.71. The second-order valence-electron chi connectivity index (χ2n) is 7.86. The molecule has 1 fully saturated rings. The maximum Gasteiger partial charge on any atom is 0.321 e. The van der Waals surface area contributed by atoms with Gasteiger partial charge in [-0.05, 0) is 69.0 Å². The lowest BCUT2D eigenvalue weighted by Gasteiger charge is -2.34. The monoisotopic (exact) mass is 409 g/mol. The zero-order valence-electron chi connectivity index (χ0n) is 18.0. The fourth-order valence-corrected chi connectivity index (χ4v) is 3.71. The molecule has 2 N–H and O–H groups in total. The number of amides is 3. The number of piperidine rings is 1. The van der Waals surface area contributed by atoms with Gasteiger partial charge in [0.25, 0.3) is 0 Å². The standard InChI is InChI=1S/C24H31N3O3/c1-4-30-22-11-9-20(10-12-22)25-23(28)18(3)19-13-15-27(16-14-19)24(29)26-21-7-5-17(2)6-8-21/h5-12,18-19H,4,13-16H2,1-3H3,(H,25,28)(H,26,29)/t18-/m0/s1. The Labute approximate surface area is 178 Å². The van der Waals surface area contributed by atoms with E-state index in [-0.39, 0.29) is 23.8 Å². The smallest absolute Gasteiger partial charge is 0.321 e. The molecule has 1 aliphatic rings. The first-order valence-corrected chi connectivity index (χ1v) is 10.6. The molecule has 6 nitrogen and oxygen atoms in total. The summed E-state index contributed by atoms with van der Waals surface area (Å²) in [5.41, 5.74) is 2.73. The fraction of sp³-hybridized carbons (Fsp3) is 0.417. The lowest BCUT2D eigenvalue weighted by Crippen LogP contribution is -2.43. The molecule has 6 heteroatoms. The summed E-state index contributed by atoms with van der Waals surface area (Å²) >= 11 is 0. The van der Waals surface area contributed by atoms with Gasteiger partial charge in [-0.15, -0.1) is 0 Å². The summed E-state index contributed by atoms with van der Waals surface area (Å²) in [7, 11) is 0. The molecule has 1 heterocycles. The van der Waals surface area contributed by atoms with Crippen molar-refractivity contribution in [1.82, 2.24) is 4.90 Å². The first-order chi connectivity index (χ1) is 14.5. The van der Waals surface area contributed by atoms with Gasteiger partial charge in [0.15, 0.2) is 0 Å². The van der Waals surface area contributed by atoms with Crippen LogP contribution in [0.15, 0.2) is 48.5 Å². The molecule has 1 aliphatic heterocycles. The number of carbonyl (C=O) groups excluding carboxylic acids is 2. The predicted molar refractivity (Wildman–Crippen MR) is 120 cm³/mol. The Morgan fingerprint density at radius 1 is 1.00 bits per heavy atom. The van der Waals surface area contributed by atoms with Gasteiger partial charge in [-0.1, -0.05) is 24.6 Å². The number of nitrogens with one attached hydrogen (secondary N) is 2. The van der Waals surface area contributed by atoms with Crippen molar-refractivity contribution in [3.05, 3.63) is 54.1 Å². The van der Waals surface area contributed by atoms with Crippen molar-refractivity contribution >= 4 is 23.3 Å². The quantitative estimate of drug-likeness (QED) is 0.712. The van der Waals surface area contributed by atoms with E-state index in [1.807, 2.05) is 74.2 Å². The molecule has 0 aromatic heterocycles. The number of aryl methyl sites for hydroxylation is 1. The largest absolute Gasteiger partial charge is 0.494 e. The summed E-state index contributed by atoms with van der Waals surface area (Å²) in [6, 6.07) is 15.1. The van der Waals surface area contributed by atoms with E-state index in [1.165, 1.54) is 0 Å². The van der Waals surface area contributed by atoms with Crippen molar-refractivity contribution in [3.63, 3.8) is 0 Å². The molecule has 3 amide bonds. The van der Waals surface area contributed by atoms with Crippen molar-refractivity contribution in [2.24, 2.45) is 11.8 Å². The van der Waals surface area contributed by atoms with E-state index in [4.69, 9.17) is 4.74 Å². The molecule has 0 spiro atoms. The lowest BCUT2D eigenvalue weighted by molar-refractivity contribution is -0.121. The SMILES string of the molecule is CCOc1ccc(NC(=O)[C@@H](C)C2CCN(C(=O)Nc3ccc(C)cc3)CC2)cc1. The highest BCUT2D eigenvalue weighted by Crippen LogP contribution is 2.27. The number of benzene rings is 2. The van der Waals surface area contributed by atoms with Crippen molar-refractivity contribution < 1.29 is 14.3 Å². The number of urea groups is 1. The van der Waals surface area contributed by atoms with Crippen LogP contribution in [0.3, 0.4) is 0 Å². The normalized spacial score (nSPS) is 15.4. The van der Waals surface area contributed by atoms with Gasteiger partial charge in [0.1, 0.15) is 5.75 Å². The summed E-state index contributed by atoms with van der Waals surface area (Å²) < 4.78 is 5.43. The van der Waals surface area contributed by atoms with E-state index in [9.17, 15) is 9.59 Å². The number of anilines is 2. The molecular weight excluding hydrogens is 378 g/mol. The maximum absolute atomic E-state index is 12.7. The molecule has 0 saturated carbocycles. The van der Waals surface area contributed by atoms with Gasteiger partial charge in [-0.2, -0.15) is 0 Å². The molecule has 3 rings (SSSR count). The van der Waals surface area contributed by atoms with Crippen LogP contribution in [0, 0.1) is 18.8 Å². The summed E-state index contributed by atoms with van der Waals surface area (Å²) in [5, 5.41) is 5.94.